The Morgan fingerprint density at radius 3 is 1.50 bits per heavy atom. The molecule has 0 fully saturated rings. The normalized spacial score (nSPS) is 14.6. The highest BCUT2D eigenvalue weighted by molar-refractivity contribution is 9.10. The summed E-state index contributed by atoms with van der Waals surface area (Å²) in [5.74, 6) is 0. The minimum Gasteiger partial charge on any atom is -0.168 e. The Morgan fingerprint density at radius 2 is 1.50 bits per heavy atom. The molecule has 8 heavy (non-hydrogen) atoms. The molecule has 0 rings (SSSR count). The molecule has 0 saturated carbocycles. The number of halogens is 6. The molecule has 0 aliphatic rings. The molecule has 0 radical (unpaired) electrons. The predicted octanol–water partition coefficient (Wildman–Crippen LogP) is 2.93. The van der Waals surface area contributed by atoms with Crippen molar-refractivity contribution in [1.82, 2.24) is 0 Å². The first-order valence-corrected chi connectivity index (χ1v) is 2.64. The lowest BCUT2D eigenvalue weighted by atomic mass is 10.8. The highest BCUT2D eigenvalue weighted by Crippen LogP contribution is 2.28. The van der Waals surface area contributed by atoms with Crippen molar-refractivity contribution >= 4 is 39.9 Å². The van der Waals surface area contributed by atoms with Crippen LogP contribution in [0.2, 0.25) is 0 Å². The van der Waals surface area contributed by atoms with Crippen LogP contribution in [0.25, 0.3) is 0 Å². The van der Waals surface area contributed by atoms with Crippen molar-refractivity contribution in [2.75, 3.05) is 0 Å². The van der Waals surface area contributed by atoms with Crippen LogP contribution in [0.4, 0.5) is 13.2 Å². The van der Waals surface area contributed by atoms with E-state index in [9.17, 15) is 13.2 Å². The minimum atomic E-state index is -4.32. The summed E-state index contributed by atoms with van der Waals surface area (Å²) in [6.07, 6.45) is -4.32. The van der Waals surface area contributed by atoms with Crippen LogP contribution in [0.15, 0.2) is 0 Å². The molecule has 0 aliphatic carbocycles. The molecule has 0 amide bonds. The first kappa shape index (κ1) is 11.6. The topological polar surface area (TPSA) is 0 Å². The average molecular weight is 234 g/mol. The van der Waals surface area contributed by atoms with E-state index in [0.29, 0.717) is 0 Å². The molecule has 0 aromatic carbocycles. The smallest absolute Gasteiger partial charge is 0.168 e. The number of hydrogen-bond acceptors (Lipinski definition) is 0. The highest BCUT2D eigenvalue weighted by Gasteiger charge is 2.35. The van der Waals surface area contributed by atoms with Gasteiger partial charge in [-0.3, -0.25) is 0 Å². The summed E-state index contributed by atoms with van der Waals surface area (Å²) < 4.78 is 31.1. The fourth-order valence-corrected chi connectivity index (χ4v) is 0. The van der Waals surface area contributed by atoms with Gasteiger partial charge in [0.2, 0.25) is 0 Å². The Balaban J connectivity index is 0. The van der Waals surface area contributed by atoms with E-state index in [-0.39, 0.29) is 12.4 Å². The molecule has 0 aliphatic heterocycles. The maximum Gasteiger partial charge on any atom is 0.414 e. The molecule has 1 atom stereocenters. The second-order valence-electron chi connectivity index (χ2n) is 0.842. The molecule has 0 N–H and O–H groups in total. The summed E-state index contributed by atoms with van der Waals surface area (Å²) in [6.45, 7) is 0. The van der Waals surface area contributed by atoms with Gasteiger partial charge in [0.25, 0.3) is 0 Å². The van der Waals surface area contributed by atoms with Gasteiger partial charge in [-0.1, -0.05) is 15.9 Å². The van der Waals surface area contributed by atoms with Crippen molar-refractivity contribution in [2.45, 2.75) is 10.5 Å². The van der Waals surface area contributed by atoms with Crippen molar-refractivity contribution in [2.24, 2.45) is 0 Å². The zero-order valence-electron chi connectivity index (χ0n) is 3.38. The number of hydrogen-bond donors (Lipinski definition) is 0. The Morgan fingerprint density at radius 1 is 1.38 bits per heavy atom. The quantitative estimate of drug-likeness (QED) is 0.565. The van der Waals surface area contributed by atoms with Gasteiger partial charge in [0.15, 0.2) is 4.29 Å². The SMILES string of the molecule is Cl.FC(F)(F)C(Cl)Br. The largest absolute Gasteiger partial charge is 0.414 e. The number of rotatable bonds is 0. The van der Waals surface area contributed by atoms with Gasteiger partial charge in [0.05, 0.1) is 0 Å². The van der Waals surface area contributed by atoms with Crippen LogP contribution in [0.3, 0.4) is 0 Å². The van der Waals surface area contributed by atoms with Crippen molar-refractivity contribution in [3.05, 3.63) is 0 Å². The molecule has 6 heteroatoms. The summed E-state index contributed by atoms with van der Waals surface area (Å²) in [5.41, 5.74) is 0. The van der Waals surface area contributed by atoms with Gasteiger partial charge in [-0.25, -0.2) is 0 Å². The standard InChI is InChI=1S/C2HBrClF3.ClH/c3-1(4)2(5,6)7;/h1H;1H. The Labute approximate surface area is 63.9 Å². The first-order chi connectivity index (χ1) is 2.94. The van der Waals surface area contributed by atoms with Crippen LogP contribution in [-0.2, 0) is 0 Å². The van der Waals surface area contributed by atoms with Crippen LogP contribution in [-0.4, -0.2) is 10.5 Å². The molecular weight excluding hydrogens is 232 g/mol. The van der Waals surface area contributed by atoms with E-state index in [4.69, 9.17) is 0 Å². The third-order valence-electron chi connectivity index (χ3n) is 0.247. The van der Waals surface area contributed by atoms with Crippen LogP contribution < -0.4 is 0 Å². The van der Waals surface area contributed by atoms with Gasteiger partial charge in [0.1, 0.15) is 0 Å². The van der Waals surface area contributed by atoms with E-state index in [1.165, 1.54) is 0 Å². The molecule has 0 saturated heterocycles. The van der Waals surface area contributed by atoms with Gasteiger partial charge in [0, 0.05) is 0 Å². The van der Waals surface area contributed by atoms with Crippen LogP contribution >= 0.6 is 39.9 Å². The summed E-state index contributed by atoms with van der Waals surface area (Å²) in [7, 11) is 0. The van der Waals surface area contributed by atoms with Gasteiger partial charge in [-0.15, -0.1) is 24.0 Å². The van der Waals surface area contributed by atoms with Crippen molar-refractivity contribution < 1.29 is 13.2 Å². The second-order valence-corrected chi connectivity index (χ2v) is 2.72. The zero-order valence-corrected chi connectivity index (χ0v) is 6.53. The van der Waals surface area contributed by atoms with Gasteiger partial charge < -0.3 is 0 Å². The van der Waals surface area contributed by atoms with Gasteiger partial charge >= 0.3 is 6.18 Å². The molecule has 0 nitrogen and oxygen atoms in total. The van der Waals surface area contributed by atoms with Crippen molar-refractivity contribution in [3.8, 4) is 0 Å². The summed E-state index contributed by atoms with van der Waals surface area (Å²) in [4.78, 5) is 0. The average Bonchev–Trinajstić information content (AvgIpc) is 1.31. The van der Waals surface area contributed by atoms with E-state index in [2.05, 4.69) is 27.5 Å². The number of alkyl halides is 5. The molecule has 0 heterocycles. The lowest BCUT2D eigenvalue weighted by molar-refractivity contribution is -0.112. The fourth-order valence-electron chi connectivity index (χ4n) is 0. The minimum absolute atomic E-state index is 0. The molecule has 1 unspecified atom stereocenters. The summed E-state index contributed by atoms with van der Waals surface area (Å²) in [5, 5.41) is 0. The van der Waals surface area contributed by atoms with Crippen LogP contribution in [0.5, 0.6) is 0 Å². The molecule has 0 aromatic heterocycles. The third kappa shape index (κ3) is 5.00. The Bertz CT molecular complexity index is 60.8. The van der Waals surface area contributed by atoms with E-state index in [1.54, 1.807) is 0 Å². The molecular formula is C2H2BrCl2F3. The van der Waals surface area contributed by atoms with Crippen LogP contribution in [0.1, 0.15) is 0 Å². The third-order valence-corrected chi connectivity index (χ3v) is 1.01. The maximum atomic E-state index is 11.0. The van der Waals surface area contributed by atoms with Crippen LogP contribution in [0, 0.1) is 0 Å². The maximum absolute atomic E-state index is 11.0. The second kappa shape index (κ2) is 3.80. The fraction of sp³-hybridized carbons (Fsp3) is 1.00. The Hall–Kier alpha value is 0.850. The molecule has 52 valence electrons. The van der Waals surface area contributed by atoms with E-state index >= 15 is 0 Å². The van der Waals surface area contributed by atoms with Crippen molar-refractivity contribution in [1.29, 1.82) is 0 Å². The zero-order chi connectivity index (χ0) is 6.08. The summed E-state index contributed by atoms with van der Waals surface area (Å²) >= 11 is 6.68. The highest BCUT2D eigenvalue weighted by atomic mass is 79.9. The lowest BCUT2D eigenvalue weighted by Gasteiger charge is -2.03. The Kier molecular flexibility index (Phi) is 5.52. The molecule has 0 aromatic rings. The summed E-state index contributed by atoms with van der Waals surface area (Å²) in [6, 6.07) is 0. The van der Waals surface area contributed by atoms with E-state index in [1.807, 2.05) is 0 Å². The first-order valence-electron chi connectivity index (χ1n) is 1.29. The van der Waals surface area contributed by atoms with Gasteiger partial charge in [-0.05, 0) is 0 Å². The molecule has 0 spiro atoms. The van der Waals surface area contributed by atoms with E-state index < -0.39 is 10.5 Å². The monoisotopic (exact) mass is 232 g/mol. The lowest BCUT2D eigenvalue weighted by Crippen LogP contribution is -2.16. The predicted molar refractivity (Wildman–Crippen MR) is 31.9 cm³/mol. The van der Waals surface area contributed by atoms with Crippen molar-refractivity contribution in [3.63, 3.8) is 0 Å². The molecule has 0 bridgehead atoms. The van der Waals surface area contributed by atoms with E-state index in [0.717, 1.165) is 0 Å². The van der Waals surface area contributed by atoms with Gasteiger partial charge in [-0.2, -0.15) is 13.2 Å².